The van der Waals surface area contributed by atoms with E-state index in [9.17, 15) is 9.90 Å². The van der Waals surface area contributed by atoms with Crippen molar-refractivity contribution in [2.24, 2.45) is 11.8 Å². The first-order chi connectivity index (χ1) is 21.4. The fourth-order valence-electron chi connectivity index (χ4n) is 5.50. The number of carbonyl (C=O) groups is 1. The highest BCUT2D eigenvalue weighted by atomic mass is 16.6. The molecule has 2 aliphatic heterocycles. The Morgan fingerprint density at radius 3 is 1.82 bits per heavy atom. The van der Waals surface area contributed by atoms with Crippen LogP contribution < -0.4 is 14.4 Å². The summed E-state index contributed by atoms with van der Waals surface area (Å²) >= 11 is 0. The van der Waals surface area contributed by atoms with Crippen molar-refractivity contribution in [2.75, 3.05) is 45.4 Å². The molecule has 0 radical (unpaired) electrons. The molecule has 8 nitrogen and oxygen atoms in total. The highest BCUT2D eigenvalue weighted by molar-refractivity contribution is 6.30. The van der Waals surface area contributed by atoms with E-state index in [2.05, 4.69) is 9.48 Å². The van der Waals surface area contributed by atoms with Crippen LogP contribution in [0, 0.1) is 11.8 Å². The number of Topliss-reactive ketones (excluding diaryl/α,β-unsaturated/α-hetero) is 1. The summed E-state index contributed by atoms with van der Waals surface area (Å²) in [5.74, 6) is 0.972. The van der Waals surface area contributed by atoms with Gasteiger partial charge in [0.1, 0.15) is 49.7 Å². The molecule has 1 N–H and O–H groups in total. The van der Waals surface area contributed by atoms with E-state index in [0.29, 0.717) is 18.8 Å². The fourth-order valence-corrected chi connectivity index (χ4v) is 5.50. The van der Waals surface area contributed by atoms with Crippen LogP contribution in [0.25, 0.3) is 5.57 Å². The lowest BCUT2D eigenvalue weighted by molar-refractivity contribution is -0.403. The molecule has 44 heavy (non-hydrogen) atoms. The number of hydrogen-bond acceptors (Lipinski definition) is 7. The summed E-state index contributed by atoms with van der Waals surface area (Å²) in [6.45, 7) is 2.70. The summed E-state index contributed by atoms with van der Waals surface area (Å²) in [4.78, 5) is 15.3. The molecule has 8 heteroatoms. The van der Waals surface area contributed by atoms with Gasteiger partial charge in [0.25, 0.3) is 0 Å². The standard InChI is InChI=1S/C36H34N2O6/c1-37(27-11-15-29(16-12-27)41-19-31-21-43-31)25-7-3-23(4-8-25)33-35(39)34(36(33)40)24-5-9-26(10-6-24)38(2)28-13-17-30(18-14-28)42-20-32-22-44-32/h3-18,23,31-33H,19-22H2,1-2H3/p+1. The van der Waals surface area contributed by atoms with Crippen LogP contribution in [0.15, 0.2) is 103 Å². The van der Waals surface area contributed by atoms with Gasteiger partial charge in [0.2, 0.25) is 11.4 Å². The minimum atomic E-state index is -0.564. The quantitative estimate of drug-likeness (QED) is 0.228. The largest absolute Gasteiger partial charge is 0.511 e. The Kier molecular flexibility index (Phi) is 7.54. The Balaban J connectivity index is 0.980. The molecule has 0 saturated carbocycles. The summed E-state index contributed by atoms with van der Waals surface area (Å²) in [7, 11) is 3.99. The van der Waals surface area contributed by atoms with Gasteiger partial charge in [0, 0.05) is 48.6 Å². The van der Waals surface area contributed by atoms with Gasteiger partial charge in [0.05, 0.1) is 24.7 Å². The molecule has 0 aromatic heterocycles. The SMILES string of the molecule is CN(c1ccc(OCC2CO2)cc1)c1ccc(C2=C(O)C(C3C=CC(=[N+](C)c4ccc(OCC5CO5)cc4)C=C3)C2=O)cc1. The molecule has 7 rings (SSSR count). The van der Waals surface area contributed by atoms with Gasteiger partial charge >= 0.3 is 0 Å². The van der Waals surface area contributed by atoms with Gasteiger partial charge in [0.15, 0.2) is 5.78 Å². The second-order valence-corrected chi connectivity index (χ2v) is 11.5. The molecule has 2 saturated heterocycles. The zero-order chi connectivity index (χ0) is 30.2. The van der Waals surface area contributed by atoms with Gasteiger partial charge in [-0.25, -0.2) is 0 Å². The first kappa shape index (κ1) is 28.1. The molecule has 3 atom stereocenters. The van der Waals surface area contributed by atoms with E-state index in [1.165, 1.54) is 0 Å². The number of ketones is 1. The van der Waals surface area contributed by atoms with Crippen LogP contribution in [-0.4, -0.2) is 73.9 Å². The Morgan fingerprint density at radius 1 is 0.818 bits per heavy atom. The highest BCUT2D eigenvalue weighted by Gasteiger charge is 2.44. The maximum absolute atomic E-state index is 13.3. The van der Waals surface area contributed by atoms with Gasteiger partial charge in [-0.2, -0.15) is 4.58 Å². The number of ether oxygens (including phenoxy) is 4. The van der Waals surface area contributed by atoms with Gasteiger partial charge < -0.3 is 29.0 Å². The molecule has 4 aliphatic rings. The number of rotatable bonds is 11. The number of aliphatic hydroxyl groups is 1. The smallest absolute Gasteiger partial charge is 0.205 e. The fraction of sp³-hybridized carbons (Fsp3) is 0.278. The summed E-state index contributed by atoms with van der Waals surface area (Å²) in [6, 6.07) is 23.6. The van der Waals surface area contributed by atoms with E-state index >= 15 is 0 Å². The third kappa shape index (κ3) is 5.91. The van der Waals surface area contributed by atoms with E-state index in [-0.39, 0.29) is 29.7 Å². The zero-order valence-electron chi connectivity index (χ0n) is 24.8. The van der Waals surface area contributed by atoms with E-state index in [0.717, 1.165) is 53.1 Å². The van der Waals surface area contributed by atoms with Crippen molar-refractivity contribution in [2.45, 2.75) is 12.2 Å². The van der Waals surface area contributed by atoms with Crippen molar-refractivity contribution in [3.63, 3.8) is 0 Å². The number of epoxide rings is 2. The monoisotopic (exact) mass is 591 g/mol. The summed E-state index contributed by atoms with van der Waals surface area (Å²) in [6.07, 6.45) is 8.43. The Hall–Kier alpha value is -4.66. The topological polar surface area (TPSA) is 87.1 Å². The van der Waals surface area contributed by atoms with E-state index < -0.39 is 5.92 Å². The number of benzene rings is 3. The Labute approximate surface area is 256 Å². The van der Waals surface area contributed by atoms with Crippen LogP contribution in [0.4, 0.5) is 17.1 Å². The molecule has 2 heterocycles. The van der Waals surface area contributed by atoms with Crippen molar-refractivity contribution in [3.05, 3.63) is 108 Å². The van der Waals surface area contributed by atoms with E-state index in [1.54, 1.807) is 0 Å². The molecule has 0 bridgehead atoms. The second kappa shape index (κ2) is 11.8. The van der Waals surface area contributed by atoms with Crippen molar-refractivity contribution in [1.29, 1.82) is 0 Å². The second-order valence-electron chi connectivity index (χ2n) is 11.5. The average Bonchev–Trinajstić information content (AvgIpc) is 4.00. The van der Waals surface area contributed by atoms with E-state index in [4.69, 9.17) is 18.9 Å². The average molecular weight is 592 g/mol. The van der Waals surface area contributed by atoms with Gasteiger partial charge in [-0.05, 0) is 54.1 Å². The molecule has 3 aromatic carbocycles. The first-order valence-electron chi connectivity index (χ1n) is 14.9. The van der Waals surface area contributed by atoms with Crippen molar-refractivity contribution < 1.29 is 33.4 Å². The molecule has 0 spiro atoms. The Bertz CT molecular complexity index is 1650. The summed E-state index contributed by atoms with van der Waals surface area (Å²) < 4.78 is 23.9. The van der Waals surface area contributed by atoms with Crippen molar-refractivity contribution >= 4 is 34.1 Å². The maximum atomic E-state index is 13.3. The first-order valence-corrected chi connectivity index (χ1v) is 14.9. The minimum absolute atomic E-state index is 0.0425. The molecule has 2 fully saturated rings. The van der Waals surface area contributed by atoms with Crippen LogP contribution in [0.3, 0.4) is 0 Å². The third-order valence-electron chi connectivity index (χ3n) is 8.50. The Morgan fingerprint density at radius 2 is 1.32 bits per heavy atom. The lowest BCUT2D eigenvalue weighted by Crippen LogP contribution is -2.35. The molecule has 0 amide bonds. The normalized spacial score (nSPS) is 23.3. The lowest BCUT2D eigenvalue weighted by Gasteiger charge is -2.32. The predicted octanol–water partition coefficient (Wildman–Crippen LogP) is 5.63. The van der Waals surface area contributed by atoms with Crippen LogP contribution in [0.1, 0.15) is 5.56 Å². The number of aliphatic hydroxyl groups excluding tert-OH is 1. The summed E-state index contributed by atoms with van der Waals surface area (Å²) in [5.41, 5.74) is 5.11. The van der Waals surface area contributed by atoms with Crippen LogP contribution in [0.5, 0.6) is 11.5 Å². The van der Waals surface area contributed by atoms with Crippen LogP contribution >= 0.6 is 0 Å². The lowest BCUT2D eigenvalue weighted by atomic mass is 9.71. The minimum Gasteiger partial charge on any atom is -0.511 e. The number of anilines is 2. The molecule has 224 valence electrons. The molecular formula is C36H35N2O6+. The predicted molar refractivity (Wildman–Crippen MR) is 169 cm³/mol. The number of hydrogen-bond donors (Lipinski definition) is 1. The zero-order valence-corrected chi connectivity index (χ0v) is 24.8. The maximum Gasteiger partial charge on any atom is 0.205 e. The molecule has 3 aromatic rings. The third-order valence-corrected chi connectivity index (χ3v) is 8.50. The number of carbonyl (C=O) groups excluding carboxylic acids is 1. The van der Waals surface area contributed by atoms with Crippen molar-refractivity contribution in [3.8, 4) is 11.5 Å². The van der Waals surface area contributed by atoms with Gasteiger partial charge in [-0.15, -0.1) is 0 Å². The summed E-state index contributed by atoms with van der Waals surface area (Å²) in [5, 5.41) is 11.0. The highest BCUT2D eigenvalue weighted by Crippen LogP contribution is 2.42. The number of nitrogens with zero attached hydrogens (tertiary/aromatic N) is 2. The van der Waals surface area contributed by atoms with Gasteiger partial charge in [-0.1, -0.05) is 24.3 Å². The van der Waals surface area contributed by atoms with Gasteiger partial charge in [-0.3, -0.25) is 4.79 Å². The van der Waals surface area contributed by atoms with Crippen LogP contribution in [0.2, 0.25) is 0 Å². The molecular weight excluding hydrogens is 556 g/mol. The molecule has 3 unspecified atom stereocenters. The number of allylic oxidation sites excluding steroid dienone is 6. The van der Waals surface area contributed by atoms with Crippen molar-refractivity contribution in [1.82, 2.24) is 0 Å². The molecule has 2 aliphatic carbocycles. The van der Waals surface area contributed by atoms with Crippen LogP contribution in [-0.2, 0) is 14.3 Å². The van der Waals surface area contributed by atoms with E-state index in [1.807, 2.05) is 111 Å².